The molecule has 5 heteroatoms. The molecule has 0 radical (unpaired) electrons. The maximum atomic E-state index is 12.4. The van der Waals surface area contributed by atoms with Gasteiger partial charge in [0, 0.05) is 28.4 Å². The molecule has 1 aliphatic rings. The van der Waals surface area contributed by atoms with Crippen molar-refractivity contribution >= 4 is 23.3 Å². The number of ketones is 1. The van der Waals surface area contributed by atoms with Crippen LogP contribution < -0.4 is 10.6 Å². The van der Waals surface area contributed by atoms with Crippen molar-refractivity contribution in [2.24, 2.45) is 0 Å². The Morgan fingerprint density at radius 1 is 0.815 bits per heavy atom. The second-order valence-corrected chi connectivity index (χ2v) is 6.98. The van der Waals surface area contributed by atoms with Gasteiger partial charge in [-0.05, 0) is 56.2 Å². The largest absolute Gasteiger partial charge is 0.349 e. The van der Waals surface area contributed by atoms with Crippen LogP contribution in [0.2, 0.25) is 0 Å². The molecule has 5 nitrogen and oxygen atoms in total. The Labute approximate surface area is 159 Å². The number of rotatable bonds is 5. The van der Waals surface area contributed by atoms with Crippen molar-refractivity contribution in [2.45, 2.75) is 45.1 Å². The van der Waals surface area contributed by atoms with Gasteiger partial charge in [-0.25, -0.2) is 0 Å². The zero-order chi connectivity index (χ0) is 19.2. The third-order valence-electron chi connectivity index (χ3n) is 4.88. The van der Waals surface area contributed by atoms with Gasteiger partial charge in [-0.2, -0.15) is 0 Å². The molecule has 0 atom stereocenters. The molecule has 2 N–H and O–H groups in total. The molecule has 27 heavy (non-hydrogen) atoms. The van der Waals surface area contributed by atoms with Crippen molar-refractivity contribution in [2.75, 3.05) is 5.32 Å². The summed E-state index contributed by atoms with van der Waals surface area (Å²) in [6.07, 6.45) is 5.63. The highest BCUT2D eigenvalue weighted by atomic mass is 16.2. The lowest BCUT2D eigenvalue weighted by atomic mass is 9.95. The molecule has 0 aromatic heterocycles. The summed E-state index contributed by atoms with van der Waals surface area (Å²) in [6.45, 7) is 1.48. The molecule has 0 aliphatic heterocycles. The molecular formula is C22H24N2O3. The lowest BCUT2D eigenvalue weighted by Gasteiger charge is -2.22. The fourth-order valence-electron chi connectivity index (χ4n) is 3.31. The van der Waals surface area contributed by atoms with Crippen molar-refractivity contribution in [3.63, 3.8) is 0 Å². The van der Waals surface area contributed by atoms with Crippen LogP contribution in [-0.4, -0.2) is 23.6 Å². The molecule has 0 unspecified atom stereocenters. The van der Waals surface area contributed by atoms with E-state index in [0.717, 1.165) is 25.7 Å². The van der Waals surface area contributed by atoms with Gasteiger partial charge >= 0.3 is 0 Å². The van der Waals surface area contributed by atoms with Crippen molar-refractivity contribution < 1.29 is 14.4 Å². The van der Waals surface area contributed by atoms with Gasteiger partial charge in [-0.1, -0.05) is 31.4 Å². The van der Waals surface area contributed by atoms with Crippen molar-refractivity contribution in [3.05, 3.63) is 65.2 Å². The van der Waals surface area contributed by atoms with E-state index in [4.69, 9.17) is 0 Å². The Balaban J connectivity index is 1.62. The highest BCUT2D eigenvalue weighted by Gasteiger charge is 2.17. The second kappa shape index (κ2) is 8.62. The number of anilines is 1. The lowest BCUT2D eigenvalue weighted by Crippen LogP contribution is -2.36. The van der Waals surface area contributed by atoms with Gasteiger partial charge in [0.1, 0.15) is 0 Å². The summed E-state index contributed by atoms with van der Waals surface area (Å²) in [4.78, 5) is 36.2. The van der Waals surface area contributed by atoms with Crippen molar-refractivity contribution in [1.82, 2.24) is 5.32 Å². The van der Waals surface area contributed by atoms with Crippen LogP contribution in [0.1, 0.15) is 70.1 Å². The van der Waals surface area contributed by atoms with Crippen molar-refractivity contribution in [1.29, 1.82) is 0 Å². The van der Waals surface area contributed by atoms with Gasteiger partial charge in [-0.3, -0.25) is 14.4 Å². The molecule has 1 aliphatic carbocycles. The number of carbonyl (C=O) groups is 3. The van der Waals surface area contributed by atoms with Crippen LogP contribution in [0.15, 0.2) is 48.5 Å². The molecule has 0 heterocycles. The minimum absolute atomic E-state index is 0.0561. The predicted molar refractivity (Wildman–Crippen MR) is 105 cm³/mol. The average molecular weight is 364 g/mol. The normalized spacial score (nSPS) is 14.4. The van der Waals surface area contributed by atoms with Crippen LogP contribution in [0.25, 0.3) is 0 Å². The third-order valence-corrected chi connectivity index (χ3v) is 4.88. The quantitative estimate of drug-likeness (QED) is 0.781. The number of benzene rings is 2. The number of hydrogen-bond donors (Lipinski definition) is 2. The second-order valence-electron chi connectivity index (χ2n) is 6.98. The first-order valence-electron chi connectivity index (χ1n) is 9.36. The maximum Gasteiger partial charge on any atom is 0.255 e. The summed E-state index contributed by atoms with van der Waals surface area (Å²) in [5.41, 5.74) is 2.11. The summed E-state index contributed by atoms with van der Waals surface area (Å²) in [6, 6.07) is 13.7. The molecule has 2 aromatic rings. The van der Waals surface area contributed by atoms with Gasteiger partial charge in [0.05, 0.1) is 0 Å². The van der Waals surface area contributed by atoms with Gasteiger partial charge in [-0.15, -0.1) is 0 Å². The van der Waals surface area contributed by atoms with Crippen LogP contribution in [-0.2, 0) is 0 Å². The Bertz CT molecular complexity index is 837. The molecule has 1 saturated carbocycles. The van der Waals surface area contributed by atoms with E-state index in [1.807, 2.05) is 0 Å². The minimum Gasteiger partial charge on any atom is -0.349 e. The van der Waals surface area contributed by atoms with Crippen molar-refractivity contribution in [3.8, 4) is 0 Å². The highest BCUT2D eigenvalue weighted by Crippen LogP contribution is 2.18. The topological polar surface area (TPSA) is 75.3 Å². The highest BCUT2D eigenvalue weighted by molar-refractivity contribution is 6.05. The number of amides is 2. The van der Waals surface area contributed by atoms with Gasteiger partial charge in [0.2, 0.25) is 0 Å². The summed E-state index contributed by atoms with van der Waals surface area (Å²) >= 11 is 0. The van der Waals surface area contributed by atoms with Crippen LogP contribution in [0.3, 0.4) is 0 Å². The maximum absolute atomic E-state index is 12.4. The third kappa shape index (κ3) is 5.03. The summed E-state index contributed by atoms with van der Waals surface area (Å²) < 4.78 is 0. The first-order valence-corrected chi connectivity index (χ1v) is 9.36. The molecule has 2 amide bonds. The number of Topliss-reactive ketones (excluding diaryl/α,β-unsaturated/α-hetero) is 1. The smallest absolute Gasteiger partial charge is 0.255 e. The first-order chi connectivity index (χ1) is 13.0. The Morgan fingerprint density at radius 3 is 2.07 bits per heavy atom. The van der Waals surface area contributed by atoms with E-state index in [0.29, 0.717) is 22.4 Å². The zero-order valence-corrected chi connectivity index (χ0v) is 15.5. The van der Waals surface area contributed by atoms with Gasteiger partial charge in [0.25, 0.3) is 11.8 Å². The Hall–Kier alpha value is -2.95. The minimum atomic E-state index is -0.282. The van der Waals surface area contributed by atoms with E-state index in [1.165, 1.54) is 13.3 Å². The van der Waals surface area contributed by atoms with E-state index in [9.17, 15) is 14.4 Å². The zero-order valence-electron chi connectivity index (χ0n) is 15.5. The Morgan fingerprint density at radius 2 is 1.44 bits per heavy atom. The number of hydrogen-bond acceptors (Lipinski definition) is 3. The molecule has 3 rings (SSSR count). The SMILES string of the molecule is CC(=O)c1cccc(NC(=O)c2ccc(C(=O)NC3CCCCC3)cc2)c1. The molecule has 140 valence electrons. The van der Waals surface area contributed by atoms with Crippen LogP contribution >= 0.6 is 0 Å². The van der Waals surface area contributed by atoms with Crippen LogP contribution in [0.5, 0.6) is 0 Å². The fraction of sp³-hybridized carbons (Fsp3) is 0.318. The van der Waals surface area contributed by atoms with E-state index >= 15 is 0 Å². The molecular weight excluding hydrogens is 340 g/mol. The monoisotopic (exact) mass is 364 g/mol. The molecule has 1 fully saturated rings. The van der Waals surface area contributed by atoms with Gasteiger partial charge in [0.15, 0.2) is 5.78 Å². The predicted octanol–water partition coefficient (Wildman–Crippen LogP) is 4.20. The van der Waals surface area contributed by atoms with E-state index in [1.54, 1.807) is 48.5 Å². The van der Waals surface area contributed by atoms with Crippen LogP contribution in [0.4, 0.5) is 5.69 Å². The van der Waals surface area contributed by atoms with E-state index in [2.05, 4.69) is 10.6 Å². The van der Waals surface area contributed by atoms with E-state index in [-0.39, 0.29) is 23.6 Å². The standard InChI is InChI=1S/C22H24N2O3/c1-15(25)18-6-5-9-20(14-18)24-22(27)17-12-10-16(11-13-17)21(26)23-19-7-3-2-4-8-19/h5-6,9-14,19H,2-4,7-8H2,1H3,(H,23,26)(H,24,27). The average Bonchev–Trinajstić information content (AvgIpc) is 2.69. The summed E-state index contributed by atoms with van der Waals surface area (Å²) in [7, 11) is 0. The summed E-state index contributed by atoms with van der Waals surface area (Å²) in [5.74, 6) is -0.433. The lowest BCUT2D eigenvalue weighted by molar-refractivity contribution is 0.0925. The molecule has 0 saturated heterocycles. The van der Waals surface area contributed by atoms with Crippen LogP contribution in [0, 0.1) is 0 Å². The van der Waals surface area contributed by atoms with Gasteiger partial charge < -0.3 is 10.6 Å². The number of carbonyl (C=O) groups excluding carboxylic acids is 3. The first kappa shape index (κ1) is 18.8. The summed E-state index contributed by atoms with van der Waals surface area (Å²) in [5, 5.41) is 5.85. The molecule has 0 bridgehead atoms. The molecule has 0 spiro atoms. The van der Waals surface area contributed by atoms with E-state index < -0.39 is 0 Å². The Kier molecular flexibility index (Phi) is 6.01. The fourth-order valence-corrected chi connectivity index (χ4v) is 3.31. The molecule has 2 aromatic carbocycles. The number of nitrogens with one attached hydrogen (secondary N) is 2.